The molecular formula is C10H16ClN3OS2. The third kappa shape index (κ3) is 4.83. The van der Waals surface area contributed by atoms with Crippen LogP contribution in [0.1, 0.15) is 11.3 Å². The number of rotatable bonds is 3. The molecule has 1 aromatic rings. The lowest BCUT2D eigenvalue weighted by atomic mass is 10.2. The molecule has 7 heteroatoms. The largest absolute Gasteiger partial charge is 0.312 e. The zero-order valence-electron chi connectivity index (χ0n) is 9.56. The van der Waals surface area contributed by atoms with Gasteiger partial charge in [-0.25, -0.2) is 4.98 Å². The highest BCUT2D eigenvalue weighted by Gasteiger charge is 2.17. The maximum absolute atomic E-state index is 11.7. The topological polar surface area (TPSA) is 54.0 Å². The monoisotopic (exact) mass is 293 g/mol. The number of nitrogens with zero attached hydrogens (tertiary/aromatic N) is 1. The summed E-state index contributed by atoms with van der Waals surface area (Å²) in [6.45, 7) is 2.98. The van der Waals surface area contributed by atoms with Crippen LogP contribution in [0.5, 0.6) is 0 Å². The molecule has 96 valence electrons. The summed E-state index contributed by atoms with van der Waals surface area (Å²) in [5.41, 5.74) is 0. The first-order valence-electron chi connectivity index (χ1n) is 5.27. The highest BCUT2D eigenvalue weighted by Crippen LogP contribution is 2.17. The molecule has 2 N–H and O–H groups in total. The number of amides is 1. The van der Waals surface area contributed by atoms with Crippen molar-refractivity contribution in [3.8, 4) is 0 Å². The van der Waals surface area contributed by atoms with Gasteiger partial charge in [0.1, 0.15) is 0 Å². The van der Waals surface area contributed by atoms with Crippen molar-refractivity contribution in [3.05, 3.63) is 11.1 Å². The molecule has 4 nitrogen and oxygen atoms in total. The smallest absolute Gasteiger partial charge is 0.227 e. The Morgan fingerprint density at radius 1 is 1.71 bits per heavy atom. The van der Waals surface area contributed by atoms with E-state index in [2.05, 4.69) is 15.6 Å². The minimum Gasteiger partial charge on any atom is -0.312 e. The maximum Gasteiger partial charge on any atom is 0.227 e. The molecule has 1 saturated heterocycles. The predicted octanol–water partition coefficient (Wildman–Crippen LogP) is 1.91. The normalized spacial score (nSPS) is 19.5. The summed E-state index contributed by atoms with van der Waals surface area (Å²) >= 11 is 3.41. The molecule has 1 aliphatic heterocycles. The molecule has 0 aliphatic carbocycles. The highest BCUT2D eigenvalue weighted by molar-refractivity contribution is 7.99. The Balaban J connectivity index is 0.00000144. The summed E-state index contributed by atoms with van der Waals surface area (Å²) in [7, 11) is 0. The number of aromatic nitrogens is 1. The number of anilines is 1. The van der Waals surface area contributed by atoms with Crippen LogP contribution in [0, 0.1) is 6.92 Å². The van der Waals surface area contributed by atoms with Gasteiger partial charge in [-0.1, -0.05) is 0 Å². The molecule has 2 rings (SSSR count). The molecule has 0 saturated carbocycles. The van der Waals surface area contributed by atoms with Gasteiger partial charge in [0.05, 0.1) is 0 Å². The van der Waals surface area contributed by atoms with Crippen LogP contribution in [0.15, 0.2) is 6.20 Å². The first kappa shape index (κ1) is 14.8. The second kappa shape index (κ2) is 7.20. The average Bonchev–Trinajstić information content (AvgIpc) is 2.65. The fourth-order valence-corrected chi connectivity index (χ4v) is 3.19. The van der Waals surface area contributed by atoms with Crippen LogP contribution in [-0.4, -0.2) is 35.0 Å². The second-order valence-corrected chi connectivity index (χ2v) is 6.14. The van der Waals surface area contributed by atoms with E-state index in [1.807, 2.05) is 18.7 Å². The third-order valence-corrected chi connectivity index (χ3v) is 4.26. The summed E-state index contributed by atoms with van der Waals surface area (Å²) < 4.78 is 0. The molecule has 1 aromatic heterocycles. The van der Waals surface area contributed by atoms with Crippen molar-refractivity contribution < 1.29 is 4.79 Å². The molecular weight excluding hydrogens is 278 g/mol. The standard InChI is InChI=1S/C10H15N3OS2.ClH/c1-7-5-12-10(16-7)13-9(14)4-8-6-15-3-2-11-8;/h5,8,11H,2-4,6H2,1H3,(H,12,13,14);1H. The van der Waals surface area contributed by atoms with E-state index in [1.165, 1.54) is 11.3 Å². The van der Waals surface area contributed by atoms with Gasteiger partial charge >= 0.3 is 0 Å². The number of carbonyl (C=O) groups is 1. The molecule has 1 unspecified atom stereocenters. The Kier molecular flexibility index (Phi) is 6.26. The minimum absolute atomic E-state index is 0. The quantitative estimate of drug-likeness (QED) is 0.894. The molecule has 0 radical (unpaired) electrons. The molecule has 2 heterocycles. The number of nitrogens with one attached hydrogen (secondary N) is 2. The van der Waals surface area contributed by atoms with Crippen molar-refractivity contribution in [2.45, 2.75) is 19.4 Å². The van der Waals surface area contributed by atoms with Crippen molar-refractivity contribution in [1.82, 2.24) is 10.3 Å². The molecule has 1 atom stereocenters. The van der Waals surface area contributed by atoms with E-state index < -0.39 is 0 Å². The average molecular weight is 294 g/mol. The van der Waals surface area contributed by atoms with E-state index in [-0.39, 0.29) is 18.3 Å². The van der Waals surface area contributed by atoms with Gasteiger partial charge in [0.2, 0.25) is 5.91 Å². The Morgan fingerprint density at radius 3 is 3.12 bits per heavy atom. The van der Waals surface area contributed by atoms with E-state index in [0.29, 0.717) is 17.6 Å². The second-order valence-electron chi connectivity index (χ2n) is 3.75. The first-order chi connectivity index (χ1) is 7.74. The molecule has 1 amide bonds. The number of aryl methyl sites for hydroxylation is 1. The van der Waals surface area contributed by atoms with Gasteiger partial charge in [-0.2, -0.15) is 11.8 Å². The Bertz CT molecular complexity index is 366. The molecule has 1 aliphatic rings. The SMILES string of the molecule is Cc1cnc(NC(=O)CC2CSCCN2)s1.Cl. The summed E-state index contributed by atoms with van der Waals surface area (Å²) in [5.74, 6) is 2.21. The van der Waals surface area contributed by atoms with Crippen LogP contribution in [0.25, 0.3) is 0 Å². The number of halogens is 1. The highest BCUT2D eigenvalue weighted by atomic mass is 35.5. The van der Waals surface area contributed by atoms with Crippen molar-refractivity contribution in [1.29, 1.82) is 0 Å². The van der Waals surface area contributed by atoms with Gasteiger partial charge in [-0.3, -0.25) is 4.79 Å². The van der Waals surface area contributed by atoms with Gasteiger partial charge in [0.25, 0.3) is 0 Å². The number of carbonyl (C=O) groups excluding carboxylic acids is 1. The maximum atomic E-state index is 11.7. The number of thiazole rings is 1. The lowest BCUT2D eigenvalue weighted by molar-refractivity contribution is -0.116. The Labute approximate surface area is 115 Å². The molecule has 0 bridgehead atoms. The zero-order valence-corrected chi connectivity index (χ0v) is 12.0. The van der Waals surface area contributed by atoms with Crippen LogP contribution in [0.2, 0.25) is 0 Å². The van der Waals surface area contributed by atoms with Gasteiger partial charge < -0.3 is 10.6 Å². The third-order valence-electron chi connectivity index (χ3n) is 2.30. The van der Waals surface area contributed by atoms with Crippen molar-refractivity contribution in [2.24, 2.45) is 0 Å². The molecule has 0 aromatic carbocycles. The van der Waals surface area contributed by atoms with Gasteiger partial charge in [-0.05, 0) is 6.92 Å². The lowest BCUT2D eigenvalue weighted by Crippen LogP contribution is -2.39. The fourth-order valence-electron chi connectivity index (χ4n) is 1.56. The van der Waals surface area contributed by atoms with Gasteiger partial charge in [-0.15, -0.1) is 23.7 Å². The van der Waals surface area contributed by atoms with E-state index in [1.54, 1.807) is 6.20 Å². The zero-order chi connectivity index (χ0) is 11.4. The van der Waals surface area contributed by atoms with Crippen LogP contribution in [0.3, 0.4) is 0 Å². The van der Waals surface area contributed by atoms with E-state index in [0.717, 1.165) is 22.9 Å². The van der Waals surface area contributed by atoms with Crippen LogP contribution >= 0.6 is 35.5 Å². The molecule has 1 fully saturated rings. The summed E-state index contributed by atoms with van der Waals surface area (Å²) in [6, 6.07) is 0.305. The van der Waals surface area contributed by atoms with Crippen LogP contribution < -0.4 is 10.6 Å². The van der Waals surface area contributed by atoms with Crippen molar-refractivity contribution in [2.75, 3.05) is 23.4 Å². The van der Waals surface area contributed by atoms with E-state index in [9.17, 15) is 4.79 Å². The summed E-state index contributed by atoms with van der Waals surface area (Å²) in [4.78, 5) is 16.9. The lowest BCUT2D eigenvalue weighted by Gasteiger charge is -2.22. The van der Waals surface area contributed by atoms with Crippen LogP contribution in [0.4, 0.5) is 5.13 Å². The van der Waals surface area contributed by atoms with Crippen molar-refractivity contribution >= 4 is 46.5 Å². The summed E-state index contributed by atoms with van der Waals surface area (Å²) in [6.07, 6.45) is 2.31. The summed E-state index contributed by atoms with van der Waals surface area (Å²) in [5, 5.41) is 6.87. The van der Waals surface area contributed by atoms with Crippen molar-refractivity contribution in [3.63, 3.8) is 0 Å². The van der Waals surface area contributed by atoms with Gasteiger partial charge in [0.15, 0.2) is 5.13 Å². The van der Waals surface area contributed by atoms with E-state index >= 15 is 0 Å². The fraction of sp³-hybridized carbons (Fsp3) is 0.600. The molecule has 0 spiro atoms. The number of hydrogen-bond donors (Lipinski definition) is 2. The minimum atomic E-state index is 0. The Hall–Kier alpha value is -0.300. The Morgan fingerprint density at radius 2 is 2.53 bits per heavy atom. The number of thioether (sulfide) groups is 1. The van der Waals surface area contributed by atoms with Crippen LogP contribution in [-0.2, 0) is 4.79 Å². The van der Waals surface area contributed by atoms with E-state index in [4.69, 9.17) is 0 Å². The predicted molar refractivity (Wildman–Crippen MR) is 76.5 cm³/mol. The van der Waals surface area contributed by atoms with Gasteiger partial charge in [0, 0.05) is 41.6 Å². The number of hydrogen-bond acceptors (Lipinski definition) is 5. The first-order valence-corrected chi connectivity index (χ1v) is 7.24. The molecule has 17 heavy (non-hydrogen) atoms.